The highest BCUT2D eigenvalue weighted by atomic mass is 16.6. The van der Waals surface area contributed by atoms with Crippen LogP contribution in [0.25, 0.3) is 0 Å². The van der Waals surface area contributed by atoms with Gasteiger partial charge < -0.3 is 15.0 Å². The fourth-order valence-electron chi connectivity index (χ4n) is 1.83. The highest BCUT2D eigenvalue weighted by Gasteiger charge is 2.24. The van der Waals surface area contributed by atoms with Crippen molar-refractivity contribution in [3.8, 4) is 0 Å². The lowest BCUT2D eigenvalue weighted by Crippen LogP contribution is -2.35. The van der Waals surface area contributed by atoms with Gasteiger partial charge in [-0.3, -0.25) is 10.1 Å². The maximum absolute atomic E-state index is 11.2. The zero-order valence-corrected chi connectivity index (χ0v) is 13.0. The van der Waals surface area contributed by atoms with E-state index in [1.807, 2.05) is 25.7 Å². The molecule has 0 amide bonds. The molecule has 21 heavy (non-hydrogen) atoms. The summed E-state index contributed by atoms with van der Waals surface area (Å²) in [6.07, 6.45) is 2.18. The van der Waals surface area contributed by atoms with Crippen LogP contribution in [0.15, 0.2) is 6.20 Å². The summed E-state index contributed by atoms with van der Waals surface area (Å²) < 4.78 is 5.07. The molecule has 1 aromatic rings. The summed E-state index contributed by atoms with van der Waals surface area (Å²) in [6, 6.07) is 0.0628. The first-order valence-electron chi connectivity index (χ1n) is 7.02. The molecular weight excluding hydrogens is 274 g/mol. The summed E-state index contributed by atoms with van der Waals surface area (Å²) in [7, 11) is 1.60. The normalized spacial score (nSPS) is 10.7. The Morgan fingerprint density at radius 1 is 1.52 bits per heavy atom. The van der Waals surface area contributed by atoms with Gasteiger partial charge in [0.25, 0.3) is 0 Å². The van der Waals surface area contributed by atoms with Crippen molar-refractivity contribution in [3.63, 3.8) is 0 Å². The van der Waals surface area contributed by atoms with Gasteiger partial charge in [0.2, 0.25) is 11.8 Å². The lowest BCUT2D eigenvalue weighted by Gasteiger charge is -2.27. The molecule has 8 heteroatoms. The van der Waals surface area contributed by atoms with Crippen LogP contribution in [0.4, 0.5) is 17.5 Å². The third-order valence-corrected chi connectivity index (χ3v) is 2.91. The van der Waals surface area contributed by atoms with Gasteiger partial charge in [-0.25, -0.2) is 4.98 Å². The Labute approximate surface area is 124 Å². The number of nitro groups is 1. The molecule has 0 saturated heterocycles. The third kappa shape index (κ3) is 4.82. The topological polar surface area (TPSA) is 93.4 Å². The van der Waals surface area contributed by atoms with Crippen molar-refractivity contribution in [1.82, 2.24) is 9.97 Å². The molecule has 0 aliphatic heterocycles. The summed E-state index contributed by atoms with van der Waals surface area (Å²) in [5.41, 5.74) is -0.0955. The van der Waals surface area contributed by atoms with Crippen molar-refractivity contribution in [2.24, 2.45) is 0 Å². The summed E-state index contributed by atoms with van der Waals surface area (Å²) in [4.78, 5) is 20.9. The first-order valence-corrected chi connectivity index (χ1v) is 7.02. The monoisotopic (exact) mass is 297 g/mol. The molecule has 1 heterocycles. The number of nitrogens with one attached hydrogen (secondary N) is 1. The average molecular weight is 297 g/mol. The number of methoxy groups -OCH3 is 1. The third-order valence-electron chi connectivity index (χ3n) is 2.91. The molecule has 0 aliphatic carbocycles. The summed E-state index contributed by atoms with van der Waals surface area (Å²) in [5.74, 6) is 0.723. The Kier molecular flexibility index (Phi) is 6.80. The van der Waals surface area contributed by atoms with Crippen molar-refractivity contribution in [2.45, 2.75) is 33.2 Å². The molecule has 0 bridgehead atoms. The quantitative estimate of drug-likeness (QED) is 0.550. The van der Waals surface area contributed by atoms with E-state index in [4.69, 9.17) is 4.74 Å². The van der Waals surface area contributed by atoms with Crippen LogP contribution in [0.2, 0.25) is 0 Å². The van der Waals surface area contributed by atoms with Crippen molar-refractivity contribution in [3.05, 3.63) is 16.3 Å². The smallest absolute Gasteiger partial charge is 0.329 e. The number of nitrogens with zero attached hydrogens (tertiary/aromatic N) is 4. The minimum Gasteiger partial charge on any atom is -0.383 e. The van der Waals surface area contributed by atoms with Gasteiger partial charge in [-0.1, -0.05) is 6.92 Å². The Morgan fingerprint density at radius 2 is 2.24 bits per heavy atom. The lowest BCUT2D eigenvalue weighted by atomic mass is 10.3. The van der Waals surface area contributed by atoms with E-state index in [0.29, 0.717) is 24.9 Å². The molecule has 1 aromatic heterocycles. The van der Waals surface area contributed by atoms with Crippen LogP contribution in [0, 0.1) is 10.1 Å². The molecule has 0 aromatic carbocycles. The zero-order valence-electron chi connectivity index (χ0n) is 13.0. The Balaban J connectivity index is 3.15. The molecule has 1 rings (SSSR count). The van der Waals surface area contributed by atoms with Crippen molar-refractivity contribution in [1.29, 1.82) is 0 Å². The molecule has 118 valence electrons. The Morgan fingerprint density at radius 3 is 2.76 bits per heavy atom. The molecule has 8 nitrogen and oxygen atoms in total. The average Bonchev–Trinajstić information content (AvgIpc) is 2.45. The lowest BCUT2D eigenvalue weighted by molar-refractivity contribution is -0.384. The number of anilines is 2. The van der Waals surface area contributed by atoms with Gasteiger partial charge in [0.1, 0.15) is 6.20 Å². The molecule has 0 fully saturated rings. The van der Waals surface area contributed by atoms with E-state index in [0.717, 1.165) is 13.0 Å². The van der Waals surface area contributed by atoms with Crippen LogP contribution in [-0.2, 0) is 4.74 Å². The van der Waals surface area contributed by atoms with Gasteiger partial charge in [-0.15, -0.1) is 0 Å². The maximum atomic E-state index is 11.2. The van der Waals surface area contributed by atoms with E-state index in [1.165, 1.54) is 6.20 Å². The number of aromatic nitrogens is 2. The van der Waals surface area contributed by atoms with Gasteiger partial charge in [0.15, 0.2) is 0 Å². The van der Waals surface area contributed by atoms with Crippen molar-refractivity contribution < 1.29 is 9.66 Å². The molecule has 0 radical (unpaired) electrons. The fraction of sp³-hybridized carbons (Fsp3) is 0.692. The second-order valence-corrected chi connectivity index (χ2v) is 4.87. The number of rotatable bonds is 9. The molecule has 0 atom stereocenters. The van der Waals surface area contributed by atoms with Crippen molar-refractivity contribution in [2.75, 3.05) is 37.0 Å². The zero-order chi connectivity index (χ0) is 15.8. The van der Waals surface area contributed by atoms with E-state index in [-0.39, 0.29) is 11.7 Å². The van der Waals surface area contributed by atoms with Crippen LogP contribution in [0.5, 0.6) is 0 Å². The van der Waals surface area contributed by atoms with Gasteiger partial charge in [0, 0.05) is 26.2 Å². The largest absolute Gasteiger partial charge is 0.383 e. The van der Waals surface area contributed by atoms with Crippen LogP contribution in [0.3, 0.4) is 0 Å². The maximum Gasteiger partial charge on any atom is 0.329 e. The molecule has 0 saturated carbocycles. The Hall–Kier alpha value is -1.96. The fourth-order valence-corrected chi connectivity index (χ4v) is 1.83. The van der Waals surface area contributed by atoms with Crippen LogP contribution in [-0.4, -0.2) is 47.7 Å². The second kappa shape index (κ2) is 8.35. The highest BCUT2D eigenvalue weighted by molar-refractivity contribution is 5.59. The van der Waals surface area contributed by atoms with Gasteiger partial charge in [0.05, 0.1) is 11.5 Å². The molecule has 0 unspecified atom stereocenters. The number of hydrogen-bond acceptors (Lipinski definition) is 7. The summed E-state index contributed by atoms with van der Waals surface area (Å²) >= 11 is 0. The number of ether oxygens (including phenoxy) is 1. The molecule has 1 N–H and O–H groups in total. The summed E-state index contributed by atoms with van der Waals surface area (Å²) in [5, 5.41) is 14.2. The molecule has 0 spiro atoms. The van der Waals surface area contributed by atoms with E-state index in [1.54, 1.807) is 7.11 Å². The van der Waals surface area contributed by atoms with Crippen LogP contribution >= 0.6 is 0 Å². The van der Waals surface area contributed by atoms with E-state index in [9.17, 15) is 10.1 Å². The van der Waals surface area contributed by atoms with E-state index in [2.05, 4.69) is 15.3 Å². The minimum absolute atomic E-state index is 0.0628. The first kappa shape index (κ1) is 17.1. The minimum atomic E-state index is -0.457. The predicted octanol–water partition coefficient (Wildman–Crippen LogP) is 2.07. The van der Waals surface area contributed by atoms with E-state index < -0.39 is 4.92 Å². The van der Waals surface area contributed by atoms with Crippen LogP contribution < -0.4 is 10.2 Å². The molecular formula is C13H23N5O3. The predicted molar refractivity (Wildman–Crippen MR) is 81.8 cm³/mol. The molecule has 0 aliphatic rings. The summed E-state index contributed by atoms with van der Waals surface area (Å²) in [6.45, 7) is 7.66. The van der Waals surface area contributed by atoms with Gasteiger partial charge in [-0.2, -0.15) is 4.98 Å². The second-order valence-electron chi connectivity index (χ2n) is 4.87. The standard InChI is InChI=1S/C13H23N5O3/c1-5-6-14-13-15-9-11(18(19)20)12(16-13)17(10(2)3)7-8-21-4/h9-10H,5-8H2,1-4H3,(H,14,15,16). The van der Waals surface area contributed by atoms with E-state index >= 15 is 0 Å². The van der Waals surface area contributed by atoms with Gasteiger partial charge in [-0.05, 0) is 20.3 Å². The first-order chi connectivity index (χ1) is 10.0. The van der Waals surface area contributed by atoms with Crippen LogP contribution in [0.1, 0.15) is 27.2 Å². The number of hydrogen-bond donors (Lipinski definition) is 1. The Bertz CT molecular complexity index is 467. The van der Waals surface area contributed by atoms with Gasteiger partial charge >= 0.3 is 5.69 Å². The SMILES string of the molecule is CCCNc1ncc([N+](=O)[O-])c(N(CCOC)C(C)C)n1. The van der Waals surface area contributed by atoms with Crippen molar-refractivity contribution >= 4 is 17.5 Å². The highest BCUT2D eigenvalue weighted by Crippen LogP contribution is 2.27.